The molecule has 4 aromatic rings. The minimum atomic E-state index is -0.510. The van der Waals surface area contributed by atoms with Crippen molar-refractivity contribution < 1.29 is 19.1 Å². The number of amides is 1. The van der Waals surface area contributed by atoms with Crippen molar-refractivity contribution in [1.82, 2.24) is 9.78 Å². The number of carbonyl (C=O) groups is 2. The van der Waals surface area contributed by atoms with Gasteiger partial charge >= 0.3 is 5.97 Å². The Kier molecular flexibility index (Phi) is 6.32. The minimum Gasteiger partial charge on any atom is -0.494 e. The molecule has 162 valence electrons. The number of esters is 1. The molecule has 0 bridgehead atoms. The molecule has 2 aromatic heterocycles. The molecule has 0 fully saturated rings. The number of nitrogens with zero attached hydrogens (tertiary/aromatic N) is 2. The third-order valence-electron chi connectivity index (χ3n) is 4.67. The maximum Gasteiger partial charge on any atom is 0.358 e. The molecule has 0 aliphatic rings. The normalized spacial score (nSPS) is 10.6. The Morgan fingerprint density at radius 2 is 1.91 bits per heavy atom. The summed E-state index contributed by atoms with van der Waals surface area (Å²) in [5.41, 5.74) is 2.91. The fourth-order valence-corrected chi connectivity index (χ4v) is 3.86. The largest absolute Gasteiger partial charge is 0.494 e. The molecule has 8 heteroatoms. The van der Waals surface area contributed by atoms with Gasteiger partial charge in [0.25, 0.3) is 5.91 Å². The number of aromatic nitrogens is 2. The van der Waals surface area contributed by atoms with Gasteiger partial charge in [0.1, 0.15) is 11.4 Å². The number of carbonyl (C=O) groups excluding carboxylic acids is 2. The molecule has 2 aromatic carbocycles. The highest BCUT2D eigenvalue weighted by Crippen LogP contribution is 2.30. The van der Waals surface area contributed by atoms with E-state index < -0.39 is 5.97 Å². The first-order valence-electron chi connectivity index (χ1n) is 9.96. The number of benzene rings is 2. The van der Waals surface area contributed by atoms with Crippen molar-refractivity contribution in [1.29, 1.82) is 0 Å². The van der Waals surface area contributed by atoms with E-state index in [2.05, 4.69) is 10.4 Å². The van der Waals surface area contributed by atoms with Crippen LogP contribution in [0, 0.1) is 0 Å². The van der Waals surface area contributed by atoms with E-state index in [0.717, 1.165) is 5.56 Å². The van der Waals surface area contributed by atoms with E-state index in [9.17, 15) is 9.59 Å². The zero-order valence-corrected chi connectivity index (χ0v) is 18.4. The standard InChI is InChI=1S/C24H21N3O4S/c1-3-31-24(29)18-15-20(27(26-18)19-10-4-5-11-21(19)30-2)16-8-6-9-17(14-16)25-23(28)22-12-7-13-32-22/h4-15H,3H2,1-2H3,(H,25,28). The maximum absolute atomic E-state index is 12.5. The van der Waals surface area contributed by atoms with Crippen LogP contribution in [0.2, 0.25) is 0 Å². The fourth-order valence-electron chi connectivity index (χ4n) is 3.24. The Labute approximate surface area is 189 Å². The Bertz CT molecular complexity index is 1250. The SMILES string of the molecule is CCOC(=O)c1cc(-c2cccc(NC(=O)c3cccs3)c2)n(-c2ccccc2OC)n1. The topological polar surface area (TPSA) is 82.5 Å². The molecule has 0 spiro atoms. The van der Waals surface area contributed by atoms with E-state index in [1.807, 2.05) is 60.0 Å². The minimum absolute atomic E-state index is 0.178. The van der Waals surface area contributed by atoms with Crippen molar-refractivity contribution in [3.8, 4) is 22.7 Å². The van der Waals surface area contributed by atoms with Gasteiger partial charge in [-0.15, -0.1) is 11.3 Å². The van der Waals surface area contributed by atoms with Gasteiger partial charge in [-0.3, -0.25) is 4.79 Å². The van der Waals surface area contributed by atoms with Crippen LogP contribution in [-0.4, -0.2) is 35.4 Å². The van der Waals surface area contributed by atoms with Crippen molar-refractivity contribution in [3.05, 3.63) is 82.7 Å². The second-order valence-electron chi connectivity index (χ2n) is 6.73. The van der Waals surface area contributed by atoms with Gasteiger partial charge in [0.05, 0.1) is 24.3 Å². The zero-order chi connectivity index (χ0) is 22.5. The number of thiophene rings is 1. The van der Waals surface area contributed by atoms with Gasteiger partial charge in [0.15, 0.2) is 5.69 Å². The van der Waals surface area contributed by atoms with Crippen LogP contribution >= 0.6 is 11.3 Å². The second kappa shape index (κ2) is 9.49. The number of rotatable bonds is 7. The Morgan fingerprint density at radius 3 is 2.66 bits per heavy atom. The van der Waals surface area contributed by atoms with Gasteiger partial charge in [-0.1, -0.05) is 30.3 Å². The summed E-state index contributed by atoms with van der Waals surface area (Å²) in [7, 11) is 1.58. The maximum atomic E-state index is 12.5. The van der Waals surface area contributed by atoms with Crippen LogP contribution in [0.1, 0.15) is 27.1 Å². The van der Waals surface area contributed by atoms with Crippen molar-refractivity contribution >= 4 is 28.9 Å². The molecular weight excluding hydrogens is 426 g/mol. The summed E-state index contributed by atoms with van der Waals surface area (Å²) in [6.45, 7) is 2.00. The van der Waals surface area contributed by atoms with Gasteiger partial charge in [-0.25, -0.2) is 9.48 Å². The van der Waals surface area contributed by atoms with E-state index in [1.54, 1.807) is 30.8 Å². The fraction of sp³-hybridized carbons (Fsp3) is 0.125. The van der Waals surface area contributed by atoms with Crippen molar-refractivity contribution in [2.45, 2.75) is 6.92 Å². The van der Waals surface area contributed by atoms with Gasteiger partial charge in [-0.2, -0.15) is 5.10 Å². The van der Waals surface area contributed by atoms with E-state index >= 15 is 0 Å². The first kappa shape index (κ1) is 21.3. The van der Waals surface area contributed by atoms with Crippen LogP contribution < -0.4 is 10.1 Å². The summed E-state index contributed by atoms with van der Waals surface area (Å²) in [6, 6.07) is 20.0. The average molecular weight is 448 g/mol. The van der Waals surface area contributed by atoms with Gasteiger partial charge in [-0.05, 0) is 48.7 Å². The quantitative estimate of drug-likeness (QED) is 0.402. The highest BCUT2D eigenvalue weighted by Gasteiger charge is 2.20. The molecule has 0 unspecified atom stereocenters. The van der Waals surface area contributed by atoms with Gasteiger partial charge in [0.2, 0.25) is 0 Å². The highest BCUT2D eigenvalue weighted by atomic mass is 32.1. The average Bonchev–Trinajstić information content (AvgIpc) is 3.50. The molecule has 0 saturated heterocycles. The van der Waals surface area contributed by atoms with E-state index in [0.29, 0.717) is 27.7 Å². The Balaban J connectivity index is 1.77. The second-order valence-corrected chi connectivity index (χ2v) is 7.68. The number of ether oxygens (including phenoxy) is 2. The molecular formula is C24H21N3O4S. The van der Waals surface area contributed by atoms with Crippen LogP contribution in [0.5, 0.6) is 5.75 Å². The molecule has 0 aliphatic heterocycles. The lowest BCUT2D eigenvalue weighted by atomic mass is 10.1. The van der Waals surface area contributed by atoms with Crippen molar-refractivity contribution in [3.63, 3.8) is 0 Å². The molecule has 2 heterocycles. The zero-order valence-electron chi connectivity index (χ0n) is 17.6. The molecule has 0 saturated carbocycles. The molecule has 1 N–H and O–H groups in total. The summed E-state index contributed by atoms with van der Waals surface area (Å²) in [5, 5.41) is 9.26. The predicted octanol–water partition coefficient (Wildman–Crippen LogP) is 5.04. The molecule has 0 atom stereocenters. The first-order chi connectivity index (χ1) is 15.6. The molecule has 4 rings (SSSR count). The summed E-state index contributed by atoms with van der Waals surface area (Å²) in [4.78, 5) is 25.5. The monoisotopic (exact) mass is 447 g/mol. The lowest BCUT2D eigenvalue weighted by Crippen LogP contribution is -2.10. The summed E-state index contributed by atoms with van der Waals surface area (Å²) < 4.78 is 12.3. The number of nitrogens with one attached hydrogen (secondary N) is 1. The van der Waals surface area contributed by atoms with Gasteiger partial charge < -0.3 is 14.8 Å². The molecule has 0 radical (unpaired) electrons. The molecule has 0 aliphatic carbocycles. The molecule has 7 nitrogen and oxygen atoms in total. The predicted molar refractivity (Wildman–Crippen MR) is 124 cm³/mol. The van der Waals surface area contributed by atoms with Gasteiger partial charge in [0, 0.05) is 11.3 Å². The van der Waals surface area contributed by atoms with Crippen LogP contribution in [0.3, 0.4) is 0 Å². The summed E-state index contributed by atoms with van der Waals surface area (Å²) >= 11 is 1.37. The Hall–Kier alpha value is -3.91. The van der Waals surface area contributed by atoms with E-state index in [4.69, 9.17) is 9.47 Å². The molecule has 1 amide bonds. The molecule has 32 heavy (non-hydrogen) atoms. The van der Waals surface area contributed by atoms with Crippen LogP contribution in [0.15, 0.2) is 72.1 Å². The number of hydrogen-bond acceptors (Lipinski definition) is 6. The number of anilines is 1. The Morgan fingerprint density at radius 1 is 1.06 bits per heavy atom. The number of methoxy groups -OCH3 is 1. The lowest BCUT2D eigenvalue weighted by Gasteiger charge is -2.12. The number of hydrogen-bond donors (Lipinski definition) is 1. The van der Waals surface area contributed by atoms with Crippen LogP contribution in [-0.2, 0) is 4.74 Å². The number of para-hydroxylation sites is 2. The van der Waals surface area contributed by atoms with Crippen LogP contribution in [0.25, 0.3) is 16.9 Å². The first-order valence-corrected chi connectivity index (χ1v) is 10.8. The third kappa shape index (κ3) is 4.40. The van der Waals surface area contributed by atoms with E-state index in [-0.39, 0.29) is 18.2 Å². The highest BCUT2D eigenvalue weighted by molar-refractivity contribution is 7.12. The summed E-state index contributed by atoms with van der Waals surface area (Å²) in [5.74, 6) is -0.0819. The van der Waals surface area contributed by atoms with E-state index in [1.165, 1.54) is 11.3 Å². The van der Waals surface area contributed by atoms with Crippen molar-refractivity contribution in [2.24, 2.45) is 0 Å². The van der Waals surface area contributed by atoms with Crippen LogP contribution in [0.4, 0.5) is 5.69 Å². The smallest absolute Gasteiger partial charge is 0.358 e. The summed E-state index contributed by atoms with van der Waals surface area (Å²) in [6.07, 6.45) is 0. The van der Waals surface area contributed by atoms with Crippen molar-refractivity contribution in [2.75, 3.05) is 19.0 Å². The lowest BCUT2D eigenvalue weighted by molar-refractivity contribution is 0.0518. The third-order valence-corrected chi connectivity index (χ3v) is 5.54.